The van der Waals surface area contributed by atoms with Crippen LogP contribution in [0.1, 0.15) is 6.42 Å². The van der Waals surface area contributed by atoms with Crippen LogP contribution in [0, 0.1) is 0 Å². The predicted octanol–water partition coefficient (Wildman–Crippen LogP) is -2.42. The predicted molar refractivity (Wildman–Crippen MR) is 65.1 cm³/mol. The van der Waals surface area contributed by atoms with E-state index >= 15 is 0 Å². The molecular formula is C8H18O10P2. The van der Waals surface area contributed by atoms with E-state index in [0.29, 0.717) is 0 Å². The van der Waals surface area contributed by atoms with Gasteiger partial charge in [0.25, 0.3) is 0 Å². The molecule has 1 aliphatic rings. The monoisotopic (exact) mass is 336 g/mol. The molecule has 5 atom stereocenters. The molecule has 1 rings (SSSR count). The Bertz CT molecular complexity index is 413. The molecule has 0 aromatic carbocycles. The SMILES string of the molecule is O=P(O)(O)CC[C@H]1O[C@@H](CP(=O)(O)O)[C@H](O)[C@@H](O)[C@@H]1O. The van der Waals surface area contributed by atoms with Crippen molar-refractivity contribution in [3.05, 3.63) is 0 Å². The summed E-state index contributed by atoms with van der Waals surface area (Å²) in [6, 6.07) is 0. The molecule has 0 unspecified atom stereocenters. The van der Waals surface area contributed by atoms with E-state index in [4.69, 9.17) is 24.3 Å². The molecule has 20 heavy (non-hydrogen) atoms. The van der Waals surface area contributed by atoms with Crippen molar-refractivity contribution in [2.75, 3.05) is 12.3 Å². The maximum Gasteiger partial charge on any atom is 0.328 e. The van der Waals surface area contributed by atoms with Gasteiger partial charge in [0.15, 0.2) is 0 Å². The van der Waals surface area contributed by atoms with Crippen molar-refractivity contribution in [2.45, 2.75) is 36.9 Å². The maximum absolute atomic E-state index is 10.9. The normalized spacial score (nSPS) is 36.0. The summed E-state index contributed by atoms with van der Waals surface area (Å²) in [6.07, 6.45) is -9.53. The Morgan fingerprint density at radius 2 is 1.30 bits per heavy atom. The molecule has 0 radical (unpaired) electrons. The van der Waals surface area contributed by atoms with Gasteiger partial charge in [-0.1, -0.05) is 0 Å². The topological polar surface area (TPSA) is 185 Å². The fourth-order valence-corrected chi connectivity index (χ4v) is 3.31. The second-order valence-corrected chi connectivity index (χ2v) is 8.18. The number of ether oxygens (including phenoxy) is 1. The first-order valence-electron chi connectivity index (χ1n) is 5.69. The summed E-state index contributed by atoms with van der Waals surface area (Å²) in [6.45, 7) is 0. The molecule has 0 aromatic heterocycles. The van der Waals surface area contributed by atoms with Gasteiger partial charge in [0.2, 0.25) is 0 Å². The Hall–Kier alpha value is 0.140. The first-order valence-corrected chi connectivity index (χ1v) is 9.29. The van der Waals surface area contributed by atoms with Gasteiger partial charge in [0, 0.05) is 0 Å². The van der Waals surface area contributed by atoms with Gasteiger partial charge >= 0.3 is 15.2 Å². The number of rotatable bonds is 5. The molecule has 7 N–H and O–H groups in total. The zero-order valence-electron chi connectivity index (χ0n) is 10.3. The highest BCUT2D eigenvalue weighted by atomic mass is 31.2. The van der Waals surface area contributed by atoms with Crippen molar-refractivity contribution >= 4 is 15.2 Å². The molecule has 0 saturated carbocycles. The third-order valence-corrected chi connectivity index (χ3v) is 4.61. The van der Waals surface area contributed by atoms with Crippen molar-refractivity contribution in [1.29, 1.82) is 0 Å². The van der Waals surface area contributed by atoms with E-state index in [9.17, 15) is 24.4 Å². The van der Waals surface area contributed by atoms with Crippen LogP contribution in [0.5, 0.6) is 0 Å². The van der Waals surface area contributed by atoms with Crippen LogP contribution in [0.2, 0.25) is 0 Å². The van der Waals surface area contributed by atoms with Crippen LogP contribution in [-0.4, -0.2) is 77.7 Å². The maximum atomic E-state index is 10.9. The Morgan fingerprint density at radius 3 is 1.75 bits per heavy atom. The first-order chi connectivity index (χ1) is 8.91. The number of hydrogen-bond donors (Lipinski definition) is 7. The molecule has 10 nitrogen and oxygen atoms in total. The van der Waals surface area contributed by atoms with Crippen molar-refractivity contribution in [2.24, 2.45) is 0 Å². The third-order valence-electron chi connectivity index (χ3n) is 2.93. The lowest BCUT2D eigenvalue weighted by atomic mass is 9.94. The van der Waals surface area contributed by atoms with E-state index < -0.39 is 58.0 Å². The van der Waals surface area contributed by atoms with E-state index in [1.807, 2.05) is 0 Å². The van der Waals surface area contributed by atoms with Crippen LogP contribution in [0.3, 0.4) is 0 Å². The summed E-state index contributed by atoms with van der Waals surface area (Å²) in [5.74, 6) is 0. The molecule has 0 spiro atoms. The Balaban J connectivity index is 2.76. The zero-order valence-corrected chi connectivity index (χ0v) is 12.0. The van der Waals surface area contributed by atoms with E-state index in [-0.39, 0.29) is 6.42 Å². The summed E-state index contributed by atoms with van der Waals surface area (Å²) in [5, 5.41) is 28.8. The van der Waals surface area contributed by atoms with Crippen molar-refractivity contribution in [3.8, 4) is 0 Å². The Kier molecular flexibility index (Phi) is 5.91. The molecule has 1 saturated heterocycles. The molecule has 1 fully saturated rings. The summed E-state index contributed by atoms with van der Waals surface area (Å²) in [7, 11) is -8.87. The van der Waals surface area contributed by atoms with Crippen LogP contribution in [0.15, 0.2) is 0 Å². The molecule has 12 heteroatoms. The van der Waals surface area contributed by atoms with Crippen LogP contribution >= 0.6 is 15.2 Å². The van der Waals surface area contributed by atoms with Gasteiger partial charge in [-0.2, -0.15) is 0 Å². The number of aliphatic hydroxyl groups excluding tert-OH is 3. The van der Waals surface area contributed by atoms with Gasteiger partial charge in [-0.25, -0.2) is 0 Å². The highest BCUT2D eigenvalue weighted by molar-refractivity contribution is 7.52. The summed E-state index contributed by atoms with van der Waals surface area (Å²) < 4.78 is 26.7. The average Bonchev–Trinajstić information content (AvgIpc) is 2.25. The van der Waals surface area contributed by atoms with Gasteiger partial charge in [0.05, 0.1) is 24.5 Å². The standard InChI is InChI=1S/C8H18O10P2/c9-6-4(1-2-19(12,13)14)18-5(3-20(15,16)17)7(10)8(6)11/h4-11H,1-3H2,(H2,12,13,14)(H2,15,16,17)/t4-,5+,6-,7+,8+/m1/s1. The quantitative estimate of drug-likeness (QED) is 0.266. The second kappa shape index (κ2) is 6.50. The van der Waals surface area contributed by atoms with E-state index in [1.165, 1.54) is 0 Å². The Labute approximate surface area is 114 Å². The van der Waals surface area contributed by atoms with Crippen molar-refractivity contribution in [1.82, 2.24) is 0 Å². The molecule has 0 aromatic rings. The zero-order chi connectivity index (χ0) is 15.7. The van der Waals surface area contributed by atoms with Gasteiger partial charge in [-0.15, -0.1) is 0 Å². The molecule has 0 amide bonds. The van der Waals surface area contributed by atoms with Crippen LogP contribution in [0.4, 0.5) is 0 Å². The minimum absolute atomic E-state index is 0.327. The van der Waals surface area contributed by atoms with Gasteiger partial charge in [-0.05, 0) is 6.42 Å². The molecule has 1 heterocycles. The van der Waals surface area contributed by atoms with Gasteiger partial charge < -0.3 is 39.6 Å². The second-order valence-electron chi connectivity index (χ2n) is 4.71. The average molecular weight is 336 g/mol. The first kappa shape index (κ1) is 18.2. The smallest absolute Gasteiger partial charge is 0.328 e. The highest BCUT2D eigenvalue weighted by Crippen LogP contribution is 2.40. The summed E-state index contributed by atoms with van der Waals surface area (Å²) in [5.41, 5.74) is 0. The van der Waals surface area contributed by atoms with E-state index in [1.54, 1.807) is 0 Å². The van der Waals surface area contributed by atoms with Crippen LogP contribution < -0.4 is 0 Å². The minimum Gasteiger partial charge on any atom is -0.388 e. The number of aliphatic hydroxyl groups is 3. The van der Waals surface area contributed by atoms with Crippen molar-refractivity contribution < 1.29 is 48.8 Å². The lowest BCUT2D eigenvalue weighted by Gasteiger charge is -2.40. The lowest BCUT2D eigenvalue weighted by molar-refractivity contribution is -0.216. The molecule has 120 valence electrons. The van der Waals surface area contributed by atoms with Crippen molar-refractivity contribution in [3.63, 3.8) is 0 Å². The van der Waals surface area contributed by atoms with E-state index in [0.717, 1.165) is 0 Å². The third kappa shape index (κ3) is 5.50. The fourth-order valence-electron chi connectivity index (χ4n) is 1.95. The molecular weight excluding hydrogens is 318 g/mol. The Morgan fingerprint density at radius 1 is 0.800 bits per heavy atom. The van der Waals surface area contributed by atoms with Gasteiger partial charge in [-0.3, -0.25) is 9.13 Å². The van der Waals surface area contributed by atoms with Gasteiger partial charge in [0.1, 0.15) is 18.3 Å². The lowest BCUT2D eigenvalue weighted by Crippen LogP contribution is -2.58. The highest BCUT2D eigenvalue weighted by Gasteiger charge is 2.45. The fraction of sp³-hybridized carbons (Fsp3) is 1.00. The molecule has 0 aliphatic carbocycles. The summed E-state index contributed by atoms with van der Waals surface area (Å²) in [4.78, 5) is 35.2. The molecule has 0 bridgehead atoms. The number of hydrogen-bond acceptors (Lipinski definition) is 6. The minimum atomic E-state index is -4.53. The molecule has 1 aliphatic heterocycles. The van der Waals surface area contributed by atoms with Crippen LogP contribution in [0.25, 0.3) is 0 Å². The summed E-state index contributed by atoms with van der Waals surface area (Å²) >= 11 is 0. The van der Waals surface area contributed by atoms with E-state index in [2.05, 4.69) is 0 Å². The van der Waals surface area contributed by atoms with Crippen LogP contribution in [-0.2, 0) is 13.9 Å². The largest absolute Gasteiger partial charge is 0.388 e.